The predicted octanol–water partition coefficient (Wildman–Crippen LogP) is 2.35. The van der Waals surface area contributed by atoms with Gasteiger partial charge in [-0.05, 0) is 30.9 Å². The van der Waals surface area contributed by atoms with E-state index in [0.29, 0.717) is 12.3 Å². The van der Waals surface area contributed by atoms with E-state index in [9.17, 15) is 5.11 Å². The Hall–Kier alpha value is -1.37. The molecule has 1 aromatic carbocycles. The van der Waals surface area contributed by atoms with E-state index < -0.39 is 0 Å². The Kier molecular flexibility index (Phi) is 4.74. The lowest BCUT2D eigenvalue weighted by molar-refractivity contribution is 0.0888. The third-order valence-electron chi connectivity index (χ3n) is 3.72. The van der Waals surface area contributed by atoms with Gasteiger partial charge < -0.3 is 5.11 Å². The van der Waals surface area contributed by atoms with Gasteiger partial charge in [0.1, 0.15) is 0 Å². The molecule has 0 aliphatic carbocycles. The van der Waals surface area contributed by atoms with Crippen LogP contribution in [0.2, 0.25) is 0 Å². The highest BCUT2D eigenvalue weighted by Gasteiger charge is 2.26. The van der Waals surface area contributed by atoms with Gasteiger partial charge in [0.15, 0.2) is 0 Å². The SMILES string of the molecule is N#CCC(c1ccccc1)N1CCCC(CO)C1. The smallest absolute Gasteiger partial charge is 0.0641 e. The summed E-state index contributed by atoms with van der Waals surface area (Å²) in [6.45, 7) is 2.18. The molecular formula is C15H20N2O. The topological polar surface area (TPSA) is 47.3 Å². The number of aliphatic hydroxyl groups excluding tert-OH is 1. The van der Waals surface area contributed by atoms with Crippen LogP contribution in [0.1, 0.15) is 30.9 Å². The number of rotatable bonds is 4. The molecule has 1 aliphatic heterocycles. The molecule has 3 heteroatoms. The van der Waals surface area contributed by atoms with E-state index in [1.165, 1.54) is 5.56 Å². The van der Waals surface area contributed by atoms with Crippen molar-refractivity contribution in [2.45, 2.75) is 25.3 Å². The minimum atomic E-state index is 0.172. The van der Waals surface area contributed by atoms with E-state index >= 15 is 0 Å². The normalized spacial score (nSPS) is 22.3. The van der Waals surface area contributed by atoms with Crippen LogP contribution in [0.3, 0.4) is 0 Å². The first kappa shape index (κ1) is 13.1. The molecule has 18 heavy (non-hydrogen) atoms. The van der Waals surface area contributed by atoms with Gasteiger partial charge in [-0.15, -0.1) is 0 Å². The number of hydrogen-bond donors (Lipinski definition) is 1. The largest absolute Gasteiger partial charge is 0.396 e. The second-order valence-corrected chi connectivity index (χ2v) is 4.97. The minimum absolute atomic E-state index is 0.172. The Morgan fingerprint density at radius 2 is 2.17 bits per heavy atom. The zero-order valence-corrected chi connectivity index (χ0v) is 10.6. The number of nitriles is 1. The summed E-state index contributed by atoms with van der Waals surface area (Å²) in [4.78, 5) is 2.35. The van der Waals surface area contributed by atoms with E-state index in [-0.39, 0.29) is 12.6 Å². The van der Waals surface area contributed by atoms with Gasteiger partial charge in [-0.25, -0.2) is 0 Å². The molecule has 1 aliphatic rings. The summed E-state index contributed by atoms with van der Waals surface area (Å²) >= 11 is 0. The standard InChI is InChI=1S/C15H20N2O/c16-9-8-15(14-6-2-1-3-7-14)17-10-4-5-13(11-17)12-18/h1-3,6-7,13,15,18H,4-5,8,10-12H2. The van der Waals surface area contributed by atoms with Crippen molar-refractivity contribution >= 4 is 0 Å². The van der Waals surface area contributed by atoms with Crippen molar-refractivity contribution in [1.82, 2.24) is 4.90 Å². The van der Waals surface area contributed by atoms with Crippen molar-refractivity contribution < 1.29 is 5.11 Å². The molecule has 2 unspecified atom stereocenters. The fourth-order valence-electron chi connectivity index (χ4n) is 2.75. The number of benzene rings is 1. The second-order valence-electron chi connectivity index (χ2n) is 4.97. The maximum atomic E-state index is 9.30. The highest BCUT2D eigenvalue weighted by Crippen LogP contribution is 2.28. The number of aliphatic hydroxyl groups is 1. The van der Waals surface area contributed by atoms with Crippen LogP contribution in [0.15, 0.2) is 30.3 Å². The Morgan fingerprint density at radius 1 is 1.39 bits per heavy atom. The third kappa shape index (κ3) is 3.10. The Labute approximate surface area is 109 Å². The molecule has 1 aromatic rings. The molecule has 2 rings (SSSR count). The summed E-state index contributed by atoms with van der Waals surface area (Å²) in [5.41, 5.74) is 1.21. The Bertz CT molecular complexity index is 399. The molecule has 0 aromatic heterocycles. The first-order chi connectivity index (χ1) is 8.85. The first-order valence-corrected chi connectivity index (χ1v) is 6.62. The first-order valence-electron chi connectivity index (χ1n) is 6.62. The summed E-state index contributed by atoms with van der Waals surface area (Å²) in [5.74, 6) is 0.364. The molecule has 2 atom stereocenters. The Morgan fingerprint density at radius 3 is 2.83 bits per heavy atom. The molecule has 96 valence electrons. The molecular weight excluding hydrogens is 224 g/mol. The van der Waals surface area contributed by atoms with E-state index in [1.807, 2.05) is 18.2 Å². The van der Waals surface area contributed by atoms with Gasteiger partial charge in [0.05, 0.1) is 12.5 Å². The fourth-order valence-corrected chi connectivity index (χ4v) is 2.75. The van der Waals surface area contributed by atoms with Crippen LogP contribution in [0.25, 0.3) is 0 Å². The molecule has 0 radical (unpaired) electrons. The Balaban J connectivity index is 2.13. The van der Waals surface area contributed by atoms with Crippen molar-refractivity contribution in [1.29, 1.82) is 5.26 Å². The minimum Gasteiger partial charge on any atom is -0.396 e. The van der Waals surface area contributed by atoms with Gasteiger partial charge in [0, 0.05) is 19.2 Å². The third-order valence-corrected chi connectivity index (χ3v) is 3.72. The van der Waals surface area contributed by atoms with Crippen LogP contribution in [-0.4, -0.2) is 29.7 Å². The maximum absolute atomic E-state index is 9.30. The summed E-state index contributed by atoms with van der Waals surface area (Å²) in [5, 5.41) is 18.3. The number of piperidine rings is 1. The van der Waals surface area contributed by atoms with Crippen molar-refractivity contribution in [2.75, 3.05) is 19.7 Å². The van der Waals surface area contributed by atoms with Gasteiger partial charge in [0.25, 0.3) is 0 Å². The lowest BCUT2D eigenvalue weighted by atomic mass is 9.94. The molecule has 0 bridgehead atoms. The van der Waals surface area contributed by atoms with Crippen molar-refractivity contribution in [2.24, 2.45) is 5.92 Å². The van der Waals surface area contributed by atoms with Gasteiger partial charge in [-0.3, -0.25) is 4.90 Å². The highest BCUT2D eigenvalue weighted by atomic mass is 16.3. The van der Waals surface area contributed by atoms with Crippen LogP contribution < -0.4 is 0 Å². The molecule has 1 heterocycles. The zero-order valence-electron chi connectivity index (χ0n) is 10.6. The van der Waals surface area contributed by atoms with Gasteiger partial charge in [-0.2, -0.15) is 5.26 Å². The lowest BCUT2D eigenvalue weighted by Gasteiger charge is -2.37. The average Bonchev–Trinajstić information content (AvgIpc) is 2.46. The quantitative estimate of drug-likeness (QED) is 0.884. The molecule has 0 spiro atoms. The van der Waals surface area contributed by atoms with Gasteiger partial charge in [-0.1, -0.05) is 30.3 Å². The van der Waals surface area contributed by atoms with Crippen LogP contribution in [0, 0.1) is 17.2 Å². The summed E-state index contributed by atoms with van der Waals surface area (Å²) in [6, 6.07) is 12.7. The molecule has 0 amide bonds. The molecule has 1 N–H and O–H groups in total. The van der Waals surface area contributed by atoms with E-state index in [4.69, 9.17) is 5.26 Å². The van der Waals surface area contributed by atoms with Gasteiger partial charge in [0.2, 0.25) is 0 Å². The maximum Gasteiger partial charge on any atom is 0.0641 e. The predicted molar refractivity (Wildman–Crippen MR) is 70.8 cm³/mol. The van der Waals surface area contributed by atoms with Crippen molar-refractivity contribution in [3.63, 3.8) is 0 Å². The zero-order chi connectivity index (χ0) is 12.8. The van der Waals surface area contributed by atoms with E-state index in [1.54, 1.807) is 0 Å². The molecule has 1 fully saturated rings. The van der Waals surface area contributed by atoms with Crippen LogP contribution in [0.4, 0.5) is 0 Å². The molecule has 0 saturated carbocycles. The van der Waals surface area contributed by atoms with Gasteiger partial charge >= 0.3 is 0 Å². The summed E-state index contributed by atoms with van der Waals surface area (Å²) < 4.78 is 0. The van der Waals surface area contributed by atoms with E-state index in [2.05, 4.69) is 23.1 Å². The van der Waals surface area contributed by atoms with Crippen molar-refractivity contribution in [3.8, 4) is 6.07 Å². The van der Waals surface area contributed by atoms with Crippen molar-refractivity contribution in [3.05, 3.63) is 35.9 Å². The number of hydrogen-bond acceptors (Lipinski definition) is 3. The number of likely N-dealkylation sites (tertiary alicyclic amines) is 1. The second kappa shape index (κ2) is 6.53. The monoisotopic (exact) mass is 244 g/mol. The summed E-state index contributed by atoms with van der Waals surface area (Å²) in [7, 11) is 0. The lowest BCUT2D eigenvalue weighted by Crippen LogP contribution is -2.39. The fraction of sp³-hybridized carbons (Fsp3) is 0.533. The van der Waals surface area contributed by atoms with E-state index in [0.717, 1.165) is 25.9 Å². The van der Waals surface area contributed by atoms with Crippen LogP contribution in [0.5, 0.6) is 0 Å². The van der Waals surface area contributed by atoms with Crippen LogP contribution >= 0.6 is 0 Å². The summed E-state index contributed by atoms with van der Waals surface area (Å²) in [6.07, 6.45) is 2.73. The average molecular weight is 244 g/mol. The highest BCUT2D eigenvalue weighted by molar-refractivity contribution is 5.20. The molecule has 1 saturated heterocycles. The van der Waals surface area contributed by atoms with Crippen LogP contribution in [-0.2, 0) is 0 Å². The number of nitrogens with zero attached hydrogens (tertiary/aromatic N) is 2. The molecule has 3 nitrogen and oxygen atoms in total.